The Labute approximate surface area is 140 Å². The van der Waals surface area contributed by atoms with E-state index in [1.165, 1.54) is 4.31 Å². The Morgan fingerprint density at radius 2 is 2.04 bits per heavy atom. The molecule has 23 heavy (non-hydrogen) atoms. The number of rotatable bonds is 5. The molecule has 122 valence electrons. The van der Waals surface area contributed by atoms with E-state index in [9.17, 15) is 8.42 Å². The SMILES string of the molecule is NC1CN(S(=O)(=O)NC(c2cccc(Cl)c2)c2ccccn2)C1. The Morgan fingerprint density at radius 3 is 2.65 bits per heavy atom. The normalized spacial score (nSPS) is 17.7. The van der Waals surface area contributed by atoms with Crippen molar-refractivity contribution in [1.29, 1.82) is 0 Å². The van der Waals surface area contributed by atoms with Gasteiger partial charge in [0.05, 0.1) is 11.7 Å². The summed E-state index contributed by atoms with van der Waals surface area (Å²) in [6, 6.07) is 11.7. The number of hydrogen-bond acceptors (Lipinski definition) is 4. The van der Waals surface area contributed by atoms with Crippen LogP contribution in [0.5, 0.6) is 0 Å². The highest BCUT2D eigenvalue weighted by Crippen LogP contribution is 2.25. The number of nitrogens with zero attached hydrogens (tertiary/aromatic N) is 2. The topological polar surface area (TPSA) is 88.3 Å². The molecule has 1 aliphatic heterocycles. The molecule has 1 unspecified atom stereocenters. The second-order valence-corrected chi connectivity index (χ2v) is 7.58. The van der Waals surface area contributed by atoms with Gasteiger partial charge in [-0.15, -0.1) is 0 Å². The molecule has 2 aromatic rings. The molecule has 8 heteroatoms. The summed E-state index contributed by atoms with van der Waals surface area (Å²) < 4.78 is 29.0. The van der Waals surface area contributed by atoms with Crippen molar-refractivity contribution in [2.24, 2.45) is 5.73 Å². The van der Waals surface area contributed by atoms with Crippen LogP contribution in [-0.2, 0) is 10.2 Å². The smallest absolute Gasteiger partial charge is 0.280 e. The van der Waals surface area contributed by atoms with Crippen molar-refractivity contribution in [2.45, 2.75) is 12.1 Å². The monoisotopic (exact) mass is 352 g/mol. The lowest BCUT2D eigenvalue weighted by Gasteiger charge is -2.36. The molecule has 3 rings (SSSR count). The third-order valence-electron chi connectivity index (χ3n) is 3.65. The zero-order valence-electron chi connectivity index (χ0n) is 12.3. The fraction of sp³-hybridized carbons (Fsp3) is 0.267. The average Bonchev–Trinajstić information content (AvgIpc) is 2.50. The van der Waals surface area contributed by atoms with Crippen LogP contribution in [0.15, 0.2) is 48.7 Å². The van der Waals surface area contributed by atoms with Gasteiger partial charge in [-0.05, 0) is 29.8 Å². The highest BCUT2D eigenvalue weighted by molar-refractivity contribution is 7.87. The largest absolute Gasteiger partial charge is 0.325 e. The average molecular weight is 353 g/mol. The fourth-order valence-corrected chi connectivity index (χ4v) is 4.10. The summed E-state index contributed by atoms with van der Waals surface area (Å²) in [5, 5.41) is 0.536. The lowest BCUT2D eigenvalue weighted by atomic mass is 10.0. The second-order valence-electron chi connectivity index (χ2n) is 5.44. The quantitative estimate of drug-likeness (QED) is 0.849. The van der Waals surface area contributed by atoms with Crippen LogP contribution in [0, 0.1) is 0 Å². The minimum absolute atomic E-state index is 0.106. The number of nitrogens with two attached hydrogens (primary N) is 1. The van der Waals surface area contributed by atoms with E-state index in [0.717, 1.165) is 5.56 Å². The Hall–Kier alpha value is -1.51. The molecule has 1 atom stereocenters. The van der Waals surface area contributed by atoms with Crippen LogP contribution in [0.4, 0.5) is 0 Å². The molecule has 0 saturated carbocycles. The van der Waals surface area contributed by atoms with Crippen LogP contribution in [0.25, 0.3) is 0 Å². The minimum atomic E-state index is -3.64. The van der Waals surface area contributed by atoms with Crippen LogP contribution < -0.4 is 10.5 Å². The van der Waals surface area contributed by atoms with Gasteiger partial charge in [-0.25, -0.2) is 0 Å². The number of pyridine rings is 1. The Bertz CT molecular complexity index is 779. The van der Waals surface area contributed by atoms with E-state index >= 15 is 0 Å². The zero-order chi connectivity index (χ0) is 16.4. The molecule has 1 fully saturated rings. The number of hydrogen-bond donors (Lipinski definition) is 2. The van der Waals surface area contributed by atoms with Crippen LogP contribution in [0.2, 0.25) is 5.02 Å². The highest BCUT2D eigenvalue weighted by Gasteiger charge is 2.35. The second kappa shape index (κ2) is 6.54. The summed E-state index contributed by atoms with van der Waals surface area (Å²) in [6.45, 7) is 0.639. The van der Waals surface area contributed by atoms with E-state index in [1.54, 1.807) is 36.5 Å². The third kappa shape index (κ3) is 3.70. The molecule has 6 nitrogen and oxygen atoms in total. The molecule has 0 radical (unpaired) electrons. The van der Waals surface area contributed by atoms with E-state index in [0.29, 0.717) is 23.8 Å². The molecule has 1 aliphatic rings. The maximum Gasteiger partial charge on any atom is 0.280 e. The van der Waals surface area contributed by atoms with Crippen molar-refractivity contribution in [3.63, 3.8) is 0 Å². The standard InChI is InChI=1S/C15H17ClN4O2S/c16-12-5-3-4-11(8-12)15(14-6-1-2-7-18-14)19-23(21,22)20-9-13(17)10-20/h1-8,13,15,19H,9-10,17H2. The van der Waals surface area contributed by atoms with Gasteiger partial charge in [0.2, 0.25) is 0 Å². The molecular weight excluding hydrogens is 336 g/mol. The maximum absolute atomic E-state index is 12.5. The van der Waals surface area contributed by atoms with Crippen LogP contribution in [0.1, 0.15) is 17.3 Å². The van der Waals surface area contributed by atoms with Gasteiger partial charge in [0.25, 0.3) is 10.2 Å². The number of benzene rings is 1. The first-order valence-electron chi connectivity index (χ1n) is 7.15. The van der Waals surface area contributed by atoms with Crippen molar-refractivity contribution in [1.82, 2.24) is 14.0 Å². The van der Waals surface area contributed by atoms with Gasteiger partial charge in [0.15, 0.2) is 0 Å². The summed E-state index contributed by atoms with van der Waals surface area (Å²) in [4.78, 5) is 4.27. The predicted octanol–water partition coefficient (Wildman–Crippen LogP) is 1.30. The summed E-state index contributed by atoms with van der Waals surface area (Å²) in [5.74, 6) is 0. The van der Waals surface area contributed by atoms with Gasteiger partial charge in [-0.2, -0.15) is 17.4 Å². The van der Waals surface area contributed by atoms with Crippen molar-refractivity contribution < 1.29 is 8.42 Å². The first kappa shape index (κ1) is 16.4. The molecule has 1 aromatic heterocycles. The third-order valence-corrected chi connectivity index (χ3v) is 5.40. The Kier molecular flexibility index (Phi) is 4.65. The van der Waals surface area contributed by atoms with Gasteiger partial charge < -0.3 is 5.73 Å². The number of aromatic nitrogens is 1. The van der Waals surface area contributed by atoms with Gasteiger partial charge in [-0.1, -0.05) is 29.8 Å². The number of nitrogens with one attached hydrogen (secondary N) is 1. The summed E-state index contributed by atoms with van der Waals surface area (Å²) >= 11 is 6.04. The summed E-state index contributed by atoms with van der Waals surface area (Å²) in [5.41, 5.74) is 7.00. The molecule has 0 aliphatic carbocycles. The number of halogens is 1. The molecule has 1 saturated heterocycles. The minimum Gasteiger partial charge on any atom is -0.325 e. The van der Waals surface area contributed by atoms with Gasteiger partial charge in [0, 0.05) is 30.4 Å². The highest BCUT2D eigenvalue weighted by atomic mass is 35.5. The van der Waals surface area contributed by atoms with E-state index < -0.39 is 16.3 Å². The van der Waals surface area contributed by atoms with Gasteiger partial charge >= 0.3 is 0 Å². The molecule has 0 spiro atoms. The van der Waals surface area contributed by atoms with Crippen molar-refractivity contribution in [3.8, 4) is 0 Å². The van der Waals surface area contributed by atoms with E-state index in [1.807, 2.05) is 12.1 Å². The Balaban J connectivity index is 1.93. The molecule has 3 N–H and O–H groups in total. The zero-order valence-corrected chi connectivity index (χ0v) is 13.8. The molecular formula is C15H17ClN4O2S. The van der Waals surface area contributed by atoms with Crippen LogP contribution in [-0.4, -0.2) is 36.8 Å². The maximum atomic E-state index is 12.5. The van der Waals surface area contributed by atoms with Crippen LogP contribution in [0.3, 0.4) is 0 Å². The lowest BCUT2D eigenvalue weighted by Crippen LogP contribution is -2.60. The van der Waals surface area contributed by atoms with Gasteiger partial charge in [-0.3, -0.25) is 4.98 Å². The fourth-order valence-electron chi connectivity index (χ4n) is 2.42. The summed E-state index contributed by atoms with van der Waals surface area (Å²) in [7, 11) is -3.64. The van der Waals surface area contributed by atoms with E-state index in [-0.39, 0.29) is 6.04 Å². The Morgan fingerprint density at radius 1 is 1.26 bits per heavy atom. The first-order valence-corrected chi connectivity index (χ1v) is 8.97. The van der Waals surface area contributed by atoms with E-state index in [4.69, 9.17) is 17.3 Å². The molecule has 1 aromatic carbocycles. The molecule has 0 amide bonds. The van der Waals surface area contributed by atoms with Gasteiger partial charge in [0.1, 0.15) is 0 Å². The lowest BCUT2D eigenvalue weighted by molar-refractivity contribution is 0.261. The van der Waals surface area contributed by atoms with Crippen LogP contribution >= 0.6 is 11.6 Å². The molecule has 2 heterocycles. The molecule has 0 bridgehead atoms. The van der Waals surface area contributed by atoms with Crippen molar-refractivity contribution >= 4 is 21.8 Å². The first-order chi connectivity index (χ1) is 11.0. The summed E-state index contributed by atoms with van der Waals surface area (Å²) in [6.07, 6.45) is 1.63. The van der Waals surface area contributed by atoms with Crippen molar-refractivity contribution in [3.05, 3.63) is 64.9 Å². The predicted molar refractivity (Wildman–Crippen MR) is 89.1 cm³/mol. The van der Waals surface area contributed by atoms with E-state index in [2.05, 4.69) is 9.71 Å². The van der Waals surface area contributed by atoms with Crippen molar-refractivity contribution in [2.75, 3.05) is 13.1 Å².